The Morgan fingerprint density at radius 2 is 0.892 bits per heavy atom. The lowest BCUT2D eigenvalue weighted by Gasteiger charge is -2.08. The predicted octanol–water partition coefficient (Wildman–Crippen LogP) is 5.27. The summed E-state index contributed by atoms with van der Waals surface area (Å²) in [6, 6.07) is 13.8. The highest BCUT2D eigenvalue weighted by Crippen LogP contribution is 2.14. The van der Waals surface area contributed by atoms with E-state index in [0.717, 1.165) is 44.9 Å². The molecule has 0 aliphatic heterocycles. The van der Waals surface area contributed by atoms with Crippen LogP contribution >= 0.6 is 0 Å². The number of benzene rings is 2. The molecule has 0 radical (unpaired) electrons. The summed E-state index contributed by atoms with van der Waals surface area (Å²) >= 11 is 0. The average Bonchev–Trinajstić information content (AvgIpc) is 2.90. The van der Waals surface area contributed by atoms with E-state index in [9.17, 15) is 19.2 Å². The third kappa shape index (κ3) is 11.7. The summed E-state index contributed by atoms with van der Waals surface area (Å²) in [6.07, 6.45) is 7.02. The van der Waals surface area contributed by atoms with Gasteiger partial charge in [0.1, 0.15) is 0 Å². The van der Waals surface area contributed by atoms with Crippen LogP contribution in [0.1, 0.15) is 92.4 Å². The summed E-state index contributed by atoms with van der Waals surface area (Å²) in [6.45, 7) is 5.28. The number of anilines is 2. The summed E-state index contributed by atoms with van der Waals surface area (Å²) in [4.78, 5) is 48.2. The number of unbranched alkanes of at least 4 members (excludes halogenated alkanes) is 4. The lowest BCUT2D eigenvalue weighted by atomic mass is 10.1. The number of carbonyl (C=O) groups is 4. The second-order valence-electron chi connectivity index (χ2n) is 9.03. The van der Waals surface area contributed by atoms with Crippen molar-refractivity contribution in [2.24, 2.45) is 0 Å². The number of carbonyl (C=O) groups excluding carboxylic acids is 4. The molecule has 0 heterocycles. The van der Waals surface area contributed by atoms with Gasteiger partial charge in [-0.15, -0.1) is 0 Å². The van der Waals surface area contributed by atoms with E-state index in [1.54, 1.807) is 48.5 Å². The minimum Gasteiger partial charge on any atom is -0.352 e. The second-order valence-corrected chi connectivity index (χ2v) is 9.03. The first-order valence-electron chi connectivity index (χ1n) is 13.3. The monoisotopic (exact) mass is 508 g/mol. The molecule has 4 N–H and O–H groups in total. The van der Waals surface area contributed by atoms with Crippen molar-refractivity contribution in [3.05, 3.63) is 59.7 Å². The molecule has 0 saturated carbocycles. The Kier molecular flexibility index (Phi) is 13.5. The molecule has 0 saturated heterocycles. The molecule has 0 fully saturated rings. The van der Waals surface area contributed by atoms with Crippen LogP contribution in [0, 0.1) is 0 Å². The van der Waals surface area contributed by atoms with Crippen LogP contribution in [-0.4, -0.2) is 36.7 Å². The van der Waals surface area contributed by atoms with Crippen molar-refractivity contribution >= 4 is 35.0 Å². The summed E-state index contributed by atoms with van der Waals surface area (Å²) in [7, 11) is 0. The van der Waals surface area contributed by atoms with Gasteiger partial charge in [-0.2, -0.15) is 0 Å². The number of hydrogen-bond donors (Lipinski definition) is 4. The van der Waals surface area contributed by atoms with Crippen LogP contribution < -0.4 is 21.3 Å². The molecular weight excluding hydrogens is 468 g/mol. The third-order valence-corrected chi connectivity index (χ3v) is 5.74. The van der Waals surface area contributed by atoms with Crippen LogP contribution in [0.2, 0.25) is 0 Å². The molecule has 0 aromatic heterocycles. The molecule has 0 spiro atoms. The van der Waals surface area contributed by atoms with Crippen LogP contribution in [0.15, 0.2) is 48.5 Å². The molecule has 2 rings (SSSR count). The molecule has 8 nitrogen and oxygen atoms in total. The highest BCUT2D eigenvalue weighted by Gasteiger charge is 2.08. The minimum absolute atomic E-state index is 0.0450. The van der Waals surface area contributed by atoms with E-state index >= 15 is 0 Å². The van der Waals surface area contributed by atoms with Crippen molar-refractivity contribution in [3.63, 3.8) is 0 Å². The van der Waals surface area contributed by atoms with Crippen molar-refractivity contribution < 1.29 is 19.2 Å². The Labute approximate surface area is 220 Å². The van der Waals surface area contributed by atoms with Gasteiger partial charge in [-0.25, -0.2) is 0 Å². The van der Waals surface area contributed by atoms with E-state index in [1.807, 2.05) is 13.8 Å². The number of nitrogens with one attached hydrogen (secondary N) is 4. The van der Waals surface area contributed by atoms with E-state index in [2.05, 4.69) is 21.3 Å². The quantitative estimate of drug-likeness (QED) is 0.231. The Hall–Kier alpha value is -3.68. The van der Waals surface area contributed by atoms with Gasteiger partial charge < -0.3 is 21.3 Å². The molecule has 0 atom stereocenters. The zero-order chi connectivity index (χ0) is 26.9. The fourth-order valence-corrected chi connectivity index (χ4v) is 3.64. The van der Waals surface area contributed by atoms with E-state index in [0.29, 0.717) is 48.4 Å². The first-order chi connectivity index (χ1) is 17.9. The van der Waals surface area contributed by atoms with Gasteiger partial charge in [-0.3, -0.25) is 19.2 Å². The first kappa shape index (κ1) is 29.5. The normalized spacial score (nSPS) is 10.4. The number of hydrogen-bond acceptors (Lipinski definition) is 4. The van der Waals surface area contributed by atoms with Crippen LogP contribution in [0.25, 0.3) is 0 Å². The zero-order valence-corrected chi connectivity index (χ0v) is 22.0. The van der Waals surface area contributed by atoms with Crippen LogP contribution in [0.4, 0.5) is 11.4 Å². The molecule has 37 heavy (non-hydrogen) atoms. The fourth-order valence-electron chi connectivity index (χ4n) is 3.64. The highest BCUT2D eigenvalue weighted by atomic mass is 16.2. The van der Waals surface area contributed by atoms with Gasteiger partial charge in [0.15, 0.2) is 0 Å². The van der Waals surface area contributed by atoms with Crippen molar-refractivity contribution in [2.75, 3.05) is 23.7 Å². The summed E-state index contributed by atoms with van der Waals surface area (Å²) in [5.41, 5.74) is 2.50. The predicted molar refractivity (Wildman–Crippen MR) is 148 cm³/mol. The van der Waals surface area contributed by atoms with Crippen molar-refractivity contribution in [3.8, 4) is 0 Å². The fraction of sp³-hybridized carbons (Fsp3) is 0.448. The molecule has 0 aliphatic carbocycles. The maximum atomic E-state index is 12.2. The smallest absolute Gasteiger partial charge is 0.251 e. The van der Waals surface area contributed by atoms with E-state index in [4.69, 9.17) is 0 Å². The molecule has 200 valence electrons. The summed E-state index contributed by atoms with van der Waals surface area (Å²) < 4.78 is 0. The molecular formula is C29H40N4O4. The maximum Gasteiger partial charge on any atom is 0.251 e. The van der Waals surface area contributed by atoms with Crippen LogP contribution in [0.5, 0.6) is 0 Å². The number of rotatable bonds is 16. The largest absolute Gasteiger partial charge is 0.352 e. The number of amides is 4. The van der Waals surface area contributed by atoms with Gasteiger partial charge in [0.05, 0.1) is 0 Å². The Morgan fingerprint density at radius 1 is 0.541 bits per heavy atom. The zero-order valence-electron chi connectivity index (χ0n) is 22.0. The van der Waals surface area contributed by atoms with Crippen LogP contribution in [0.3, 0.4) is 0 Å². The third-order valence-electron chi connectivity index (χ3n) is 5.74. The SMILES string of the molecule is CCCNC(=O)c1ccc(NC(=O)CCCCCCCC(=O)Nc2ccc(C(=O)NCCC)cc2)cc1. The highest BCUT2D eigenvalue weighted by molar-refractivity contribution is 5.96. The molecule has 8 heteroatoms. The molecule has 2 aromatic carbocycles. The molecule has 0 unspecified atom stereocenters. The summed E-state index contributed by atoms with van der Waals surface area (Å²) in [5, 5.41) is 11.4. The molecule has 2 aromatic rings. The van der Waals surface area contributed by atoms with Gasteiger partial charge in [0.2, 0.25) is 11.8 Å². The molecule has 0 aliphatic rings. The standard InChI is InChI=1S/C29H40N4O4/c1-3-20-30-28(36)22-12-16-24(17-13-22)32-26(34)10-8-6-5-7-9-11-27(35)33-25-18-14-23(15-19-25)29(37)31-21-4-2/h12-19H,3-11,20-21H2,1-2H3,(H,30,36)(H,31,37)(H,32,34)(H,33,35). The Bertz CT molecular complexity index is 922. The first-order valence-corrected chi connectivity index (χ1v) is 13.3. The lowest BCUT2D eigenvalue weighted by Crippen LogP contribution is -2.23. The molecule has 4 amide bonds. The topological polar surface area (TPSA) is 116 Å². The Balaban J connectivity index is 1.55. The van der Waals surface area contributed by atoms with E-state index < -0.39 is 0 Å². The van der Waals surface area contributed by atoms with Gasteiger partial charge in [-0.05, 0) is 74.2 Å². The van der Waals surface area contributed by atoms with Crippen molar-refractivity contribution in [1.82, 2.24) is 10.6 Å². The minimum atomic E-state index is -0.112. The van der Waals surface area contributed by atoms with Gasteiger partial charge >= 0.3 is 0 Å². The van der Waals surface area contributed by atoms with Crippen molar-refractivity contribution in [2.45, 2.75) is 71.6 Å². The van der Waals surface area contributed by atoms with Gasteiger partial charge in [0.25, 0.3) is 11.8 Å². The maximum absolute atomic E-state index is 12.2. The van der Waals surface area contributed by atoms with E-state index in [1.165, 1.54) is 0 Å². The molecule has 0 bridgehead atoms. The summed E-state index contributed by atoms with van der Waals surface area (Å²) in [5.74, 6) is -0.313. The van der Waals surface area contributed by atoms with Crippen LogP contribution in [-0.2, 0) is 9.59 Å². The Morgan fingerprint density at radius 3 is 1.24 bits per heavy atom. The van der Waals surface area contributed by atoms with Gasteiger partial charge in [-0.1, -0.05) is 33.1 Å². The van der Waals surface area contributed by atoms with Crippen molar-refractivity contribution in [1.29, 1.82) is 0 Å². The lowest BCUT2D eigenvalue weighted by molar-refractivity contribution is -0.117. The second kappa shape index (κ2) is 16.9. The average molecular weight is 509 g/mol. The van der Waals surface area contributed by atoms with E-state index in [-0.39, 0.29) is 23.6 Å². The van der Waals surface area contributed by atoms with Gasteiger partial charge in [0, 0.05) is 48.4 Å².